The lowest BCUT2D eigenvalue weighted by molar-refractivity contribution is 0.0695. The number of carbonyl (C=O) groups is 1. The van der Waals surface area contributed by atoms with Crippen molar-refractivity contribution in [1.82, 2.24) is 34.6 Å². The van der Waals surface area contributed by atoms with E-state index in [0.717, 1.165) is 49.2 Å². The van der Waals surface area contributed by atoms with E-state index in [1.807, 2.05) is 24.0 Å². The molecule has 2 fully saturated rings. The molecule has 0 spiro atoms. The largest absolute Gasteiger partial charge is 0.478 e. The van der Waals surface area contributed by atoms with Crippen molar-refractivity contribution in [2.24, 2.45) is 7.05 Å². The van der Waals surface area contributed by atoms with Crippen LogP contribution >= 0.6 is 0 Å². The topological polar surface area (TPSA) is 104 Å². The minimum Gasteiger partial charge on any atom is -0.478 e. The first-order valence-corrected chi connectivity index (χ1v) is 14.1. The van der Waals surface area contributed by atoms with E-state index in [1.165, 1.54) is 35.9 Å². The predicted octanol–water partition coefficient (Wildman–Crippen LogP) is 5.29. The third-order valence-electron chi connectivity index (χ3n) is 9.29. The molecule has 0 aliphatic heterocycles. The summed E-state index contributed by atoms with van der Waals surface area (Å²) in [5, 5.41) is 27.8. The first-order valence-electron chi connectivity index (χ1n) is 14.1. The van der Waals surface area contributed by atoms with Gasteiger partial charge in [-0.1, -0.05) is 37.6 Å². The third-order valence-corrected chi connectivity index (χ3v) is 9.29. The first-order chi connectivity index (χ1) is 18.8. The van der Waals surface area contributed by atoms with Gasteiger partial charge in [-0.3, -0.25) is 9.36 Å². The fourth-order valence-corrected chi connectivity index (χ4v) is 7.21. The highest BCUT2D eigenvalue weighted by atomic mass is 16.4. The molecule has 9 nitrogen and oxygen atoms in total. The smallest absolute Gasteiger partial charge is 0.339 e. The van der Waals surface area contributed by atoms with E-state index in [1.54, 1.807) is 4.68 Å². The number of aromatic nitrogens is 7. The zero-order valence-corrected chi connectivity index (χ0v) is 22.8. The number of rotatable bonds is 6. The fraction of sp³-hybridized carbons (Fsp3) is 0.500. The fourth-order valence-electron chi connectivity index (χ4n) is 7.21. The monoisotopic (exact) mass is 525 g/mol. The zero-order chi connectivity index (χ0) is 26.9. The normalized spacial score (nSPS) is 25.5. The molecule has 0 saturated heterocycles. The molecule has 3 aliphatic carbocycles. The molecule has 1 N–H and O–H groups in total. The summed E-state index contributed by atoms with van der Waals surface area (Å²) < 4.78 is 5.89. The number of carboxylic acid groups (broad SMARTS) is 1. The molecular formula is C30H35N7O2. The van der Waals surface area contributed by atoms with Gasteiger partial charge in [0.15, 0.2) is 0 Å². The minimum absolute atomic E-state index is 0.0586. The highest BCUT2D eigenvalue weighted by molar-refractivity contribution is 5.89. The van der Waals surface area contributed by atoms with Crippen molar-refractivity contribution in [2.75, 3.05) is 0 Å². The Morgan fingerprint density at radius 2 is 1.97 bits per heavy atom. The van der Waals surface area contributed by atoms with E-state index in [9.17, 15) is 9.90 Å². The molecule has 1 aromatic carbocycles. The van der Waals surface area contributed by atoms with Crippen LogP contribution < -0.4 is 0 Å². The van der Waals surface area contributed by atoms with Crippen molar-refractivity contribution in [1.29, 1.82) is 0 Å². The average molecular weight is 526 g/mol. The maximum atomic E-state index is 12.1. The summed E-state index contributed by atoms with van der Waals surface area (Å²) in [6.45, 7) is 4.70. The van der Waals surface area contributed by atoms with Crippen LogP contribution in [0.25, 0.3) is 5.69 Å². The first kappa shape index (κ1) is 24.3. The Balaban J connectivity index is 1.18. The molecule has 3 aromatic heterocycles. The van der Waals surface area contributed by atoms with Crippen molar-refractivity contribution >= 4 is 5.97 Å². The van der Waals surface area contributed by atoms with Gasteiger partial charge < -0.3 is 5.11 Å². The van der Waals surface area contributed by atoms with Crippen LogP contribution in [0.2, 0.25) is 0 Å². The molecule has 9 heteroatoms. The Morgan fingerprint density at radius 3 is 2.77 bits per heavy atom. The summed E-state index contributed by atoms with van der Waals surface area (Å²) in [7, 11) is 1.85. The van der Waals surface area contributed by atoms with Gasteiger partial charge in [-0.05, 0) is 67.7 Å². The Hall–Kier alpha value is -3.75. The van der Waals surface area contributed by atoms with Crippen LogP contribution in [0.5, 0.6) is 0 Å². The van der Waals surface area contributed by atoms with E-state index < -0.39 is 5.97 Å². The van der Waals surface area contributed by atoms with Crippen molar-refractivity contribution in [3.8, 4) is 5.69 Å². The van der Waals surface area contributed by atoms with Gasteiger partial charge in [-0.15, -0.1) is 5.10 Å². The van der Waals surface area contributed by atoms with Crippen LogP contribution in [-0.2, 0) is 18.9 Å². The second kappa shape index (κ2) is 8.89. The number of aryl methyl sites for hydroxylation is 2. The van der Waals surface area contributed by atoms with Gasteiger partial charge in [0, 0.05) is 36.2 Å². The number of benzene rings is 1. The predicted molar refractivity (Wildman–Crippen MR) is 145 cm³/mol. The molecule has 3 aliphatic rings. The number of carboxylic acids is 1. The van der Waals surface area contributed by atoms with Crippen LogP contribution in [0.3, 0.4) is 0 Å². The second-order valence-electron chi connectivity index (χ2n) is 12.4. The molecule has 0 amide bonds. The van der Waals surface area contributed by atoms with Gasteiger partial charge in [0.25, 0.3) is 0 Å². The number of fused-ring (bicyclic) bond motifs is 1. The van der Waals surface area contributed by atoms with Gasteiger partial charge in [-0.2, -0.15) is 10.2 Å². The number of nitrogens with zero attached hydrogens (tertiary/aromatic N) is 7. The highest BCUT2D eigenvalue weighted by Gasteiger charge is 2.46. The Morgan fingerprint density at radius 1 is 1.10 bits per heavy atom. The van der Waals surface area contributed by atoms with Gasteiger partial charge in [0.05, 0.1) is 35.5 Å². The Kier molecular flexibility index (Phi) is 5.54. The lowest BCUT2D eigenvalue weighted by Gasteiger charge is -2.33. The zero-order valence-electron chi connectivity index (χ0n) is 22.8. The van der Waals surface area contributed by atoms with Crippen molar-refractivity contribution in [2.45, 2.75) is 88.0 Å². The maximum Gasteiger partial charge on any atom is 0.339 e. The van der Waals surface area contributed by atoms with Gasteiger partial charge in [-0.25, -0.2) is 9.48 Å². The minimum atomic E-state index is -0.943. The van der Waals surface area contributed by atoms with E-state index >= 15 is 0 Å². The summed E-state index contributed by atoms with van der Waals surface area (Å²) in [5.41, 5.74) is 7.18. The highest BCUT2D eigenvalue weighted by Crippen LogP contribution is 2.55. The number of hydrogen-bond donors (Lipinski definition) is 1. The van der Waals surface area contributed by atoms with Crippen LogP contribution in [0.15, 0.2) is 42.9 Å². The van der Waals surface area contributed by atoms with Crippen molar-refractivity contribution in [3.63, 3.8) is 0 Å². The summed E-state index contributed by atoms with van der Waals surface area (Å²) >= 11 is 0. The molecule has 2 saturated carbocycles. The molecule has 4 atom stereocenters. The van der Waals surface area contributed by atoms with Crippen LogP contribution in [0, 0.1) is 0 Å². The molecule has 202 valence electrons. The SMILES string of the molecule is Cn1cc(C2CC2c2c(C(=O)O)cnn2-c2cccc([C@@H]3CCC[C@H](n4ncc5c4C(C)(C)CC5)C3)c2)nn1. The molecule has 3 heterocycles. The van der Waals surface area contributed by atoms with Crippen LogP contribution in [0.1, 0.15) is 115 Å². The maximum absolute atomic E-state index is 12.1. The van der Waals surface area contributed by atoms with Crippen molar-refractivity contribution < 1.29 is 9.90 Å². The van der Waals surface area contributed by atoms with Gasteiger partial charge in [0.1, 0.15) is 5.56 Å². The molecule has 7 rings (SSSR count). The number of aromatic carboxylic acids is 1. The quantitative estimate of drug-likeness (QED) is 0.367. The molecule has 2 unspecified atom stereocenters. The Bertz CT molecular complexity index is 1560. The van der Waals surface area contributed by atoms with E-state index in [-0.39, 0.29) is 22.8 Å². The summed E-state index contributed by atoms with van der Waals surface area (Å²) in [6, 6.07) is 8.96. The lowest BCUT2D eigenvalue weighted by atomic mass is 9.80. The van der Waals surface area contributed by atoms with Crippen LogP contribution in [-0.4, -0.2) is 45.6 Å². The number of hydrogen-bond acceptors (Lipinski definition) is 5. The lowest BCUT2D eigenvalue weighted by Crippen LogP contribution is -2.25. The third kappa shape index (κ3) is 4.10. The average Bonchev–Trinajstić information content (AvgIpc) is 3.30. The summed E-state index contributed by atoms with van der Waals surface area (Å²) in [4.78, 5) is 12.1. The molecule has 0 bridgehead atoms. The Labute approximate surface area is 227 Å². The summed E-state index contributed by atoms with van der Waals surface area (Å²) in [6.07, 6.45) is 13.2. The van der Waals surface area contributed by atoms with Gasteiger partial charge in [0.2, 0.25) is 0 Å². The van der Waals surface area contributed by atoms with E-state index in [4.69, 9.17) is 5.10 Å². The molecule has 39 heavy (non-hydrogen) atoms. The second-order valence-corrected chi connectivity index (χ2v) is 12.4. The van der Waals surface area contributed by atoms with Crippen molar-refractivity contribution in [3.05, 3.63) is 76.6 Å². The van der Waals surface area contributed by atoms with Crippen LogP contribution in [0.4, 0.5) is 0 Å². The molecular weight excluding hydrogens is 490 g/mol. The molecule has 0 radical (unpaired) electrons. The van der Waals surface area contributed by atoms with E-state index in [0.29, 0.717) is 12.0 Å². The van der Waals surface area contributed by atoms with E-state index in [2.05, 4.69) is 58.3 Å². The standard InChI is InChI=1S/C30H35N7O2/c1-30(2)11-10-20-15-31-37(28(20)30)22-9-5-7-19(13-22)18-6-4-8-21(12-18)36-27(25(16-32-36)29(38)39)24-14-23(24)26-17-35(3)34-33-26/h4,6,8,12,15-17,19,22-24H,5,7,9-11,13-14H2,1-3H3,(H,38,39)/t19-,22+,23?,24?/m1/s1. The van der Waals surface area contributed by atoms with Gasteiger partial charge >= 0.3 is 5.97 Å². The molecule has 4 aromatic rings. The summed E-state index contributed by atoms with van der Waals surface area (Å²) in [5.74, 6) is -0.292.